The Hall–Kier alpha value is -1.62. The molecule has 2 aliphatic heterocycles. The zero-order valence-electron chi connectivity index (χ0n) is 12.6. The number of carbonyl (C=O) groups is 1. The Labute approximate surface area is 124 Å². The third kappa shape index (κ3) is 2.20. The molecule has 2 aliphatic rings. The lowest BCUT2D eigenvalue weighted by Gasteiger charge is -2.35. The van der Waals surface area contributed by atoms with Crippen molar-refractivity contribution in [2.24, 2.45) is 11.8 Å². The van der Waals surface area contributed by atoms with Crippen LogP contribution in [0.4, 0.5) is 4.39 Å². The Bertz CT molecular complexity index is 573. The SMILES string of the molecule is COc1cc(C(=O)N2CC3CNCC3C2(C)C)ccc1F. The number of nitrogens with zero attached hydrogens (tertiary/aromatic N) is 1. The minimum absolute atomic E-state index is 0.0484. The van der Waals surface area contributed by atoms with Crippen molar-refractivity contribution in [3.8, 4) is 5.75 Å². The van der Waals surface area contributed by atoms with E-state index >= 15 is 0 Å². The van der Waals surface area contributed by atoms with Crippen LogP contribution in [-0.2, 0) is 0 Å². The second-order valence-corrected chi connectivity index (χ2v) is 6.44. The van der Waals surface area contributed by atoms with Gasteiger partial charge in [-0.15, -0.1) is 0 Å². The molecule has 5 heteroatoms. The van der Waals surface area contributed by atoms with Gasteiger partial charge in [-0.2, -0.15) is 0 Å². The lowest BCUT2D eigenvalue weighted by Crippen LogP contribution is -2.47. The van der Waals surface area contributed by atoms with Crippen molar-refractivity contribution >= 4 is 5.91 Å². The van der Waals surface area contributed by atoms with Crippen molar-refractivity contribution < 1.29 is 13.9 Å². The number of rotatable bonds is 2. The van der Waals surface area contributed by atoms with Crippen LogP contribution in [-0.4, -0.2) is 43.1 Å². The van der Waals surface area contributed by atoms with Crippen molar-refractivity contribution in [3.63, 3.8) is 0 Å². The summed E-state index contributed by atoms with van der Waals surface area (Å²) in [4.78, 5) is 14.7. The van der Waals surface area contributed by atoms with E-state index in [9.17, 15) is 9.18 Å². The fraction of sp³-hybridized carbons (Fsp3) is 0.562. The average molecular weight is 292 g/mol. The molecular formula is C16H21FN2O2. The van der Waals surface area contributed by atoms with Gasteiger partial charge in [-0.25, -0.2) is 4.39 Å². The van der Waals surface area contributed by atoms with Gasteiger partial charge >= 0.3 is 0 Å². The number of methoxy groups -OCH3 is 1. The van der Waals surface area contributed by atoms with Crippen LogP contribution in [0.2, 0.25) is 0 Å². The van der Waals surface area contributed by atoms with Crippen molar-refractivity contribution in [2.75, 3.05) is 26.7 Å². The third-order valence-electron chi connectivity index (χ3n) is 5.00. The highest BCUT2D eigenvalue weighted by Gasteiger charge is 2.51. The third-order valence-corrected chi connectivity index (χ3v) is 5.00. The lowest BCUT2D eigenvalue weighted by molar-refractivity contribution is 0.0603. The van der Waals surface area contributed by atoms with Gasteiger partial charge in [-0.1, -0.05) is 0 Å². The number of nitrogens with one attached hydrogen (secondary N) is 1. The molecule has 2 heterocycles. The smallest absolute Gasteiger partial charge is 0.254 e. The van der Waals surface area contributed by atoms with E-state index < -0.39 is 5.82 Å². The quantitative estimate of drug-likeness (QED) is 0.905. The maximum atomic E-state index is 13.5. The van der Waals surface area contributed by atoms with Crippen LogP contribution in [0.25, 0.3) is 0 Å². The standard InChI is InChI=1S/C16H21FN2O2/c1-16(2)12-8-18-7-11(12)9-19(16)15(20)10-4-5-13(17)14(6-10)21-3/h4-6,11-12,18H,7-9H2,1-3H3. The molecule has 3 rings (SSSR count). The molecule has 1 aromatic rings. The molecule has 2 saturated heterocycles. The number of hydrogen-bond donors (Lipinski definition) is 1. The zero-order chi connectivity index (χ0) is 15.2. The summed E-state index contributed by atoms with van der Waals surface area (Å²) < 4.78 is 18.5. The summed E-state index contributed by atoms with van der Waals surface area (Å²) in [5.74, 6) is 0.596. The van der Waals surface area contributed by atoms with Crippen molar-refractivity contribution in [1.82, 2.24) is 10.2 Å². The number of carbonyl (C=O) groups excluding carboxylic acids is 1. The number of fused-ring (bicyclic) bond motifs is 1. The van der Waals surface area contributed by atoms with Gasteiger partial charge in [-0.3, -0.25) is 4.79 Å². The van der Waals surface area contributed by atoms with Gasteiger partial charge in [0.1, 0.15) is 0 Å². The molecule has 2 fully saturated rings. The summed E-state index contributed by atoms with van der Waals surface area (Å²) in [5, 5.41) is 3.40. The number of ether oxygens (including phenoxy) is 1. The van der Waals surface area contributed by atoms with Gasteiger partial charge in [0.15, 0.2) is 11.6 Å². The van der Waals surface area contributed by atoms with Gasteiger partial charge in [0.25, 0.3) is 5.91 Å². The first-order valence-corrected chi connectivity index (χ1v) is 7.31. The van der Waals surface area contributed by atoms with Gasteiger partial charge in [-0.05, 0) is 43.9 Å². The first-order valence-electron chi connectivity index (χ1n) is 7.31. The van der Waals surface area contributed by atoms with Crippen LogP contribution in [0.1, 0.15) is 24.2 Å². The van der Waals surface area contributed by atoms with E-state index in [4.69, 9.17) is 4.74 Å². The topological polar surface area (TPSA) is 41.6 Å². The van der Waals surface area contributed by atoms with E-state index in [1.54, 1.807) is 0 Å². The van der Waals surface area contributed by atoms with Crippen LogP contribution in [0.15, 0.2) is 18.2 Å². The summed E-state index contributed by atoms with van der Waals surface area (Å²) in [6.07, 6.45) is 0. The number of halogens is 1. The Kier molecular flexibility index (Phi) is 3.40. The molecule has 21 heavy (non-hydrogen) atoms. The molecule has 0 aliphatic carbocycles. The van der Waals surface area contributed by atoms with Crippen LogP contribution in [0.3, 0.4) is 0 Å². The molecule has 0 saturated carbocycles. The maximum Gasteiger partial charge on any atom is 0.254 e. The monoisotopic (exact) mass is 292 g/mol. The minimum atomic E-state index is -0.448. The van der Waals surface area contributed by atoms with Gasteiger partial charge in [0.2, 0.25) is 0 Å². The second-order valence-electron chi connectivity index (χ2n) is 6.44. The Morgan fingerprint density at radius 3 is 2.86 bits per heavy atom. The molecule has 2 unspecified atom stereocenters. The summed E-state index contributed by atoms with van der Waals surface area (Å²) in [7, 11) is 1.41. The molecule has 0 aromatic heterocycles. The second kappa shape index (κ2) is 4.98. The first-order chi connectivity index (χ1) is 9.95. The van der Waals surface area contributed by atoms with Crippen LogP contribution in [0.5, 0.6) is 5.75 Å². The van der Waals surface area contributed by atoms with E-state index in [0.717, 1.165) is 19.6 Å². The summed E-state index contributed by atoms with van der Waals surface area (Å²) in [5.41, 5.74) is 0.293. The molecule has 4 nitrogen and oxygen atoms in total. The van der Waals surface area contributed by atoms with Crippen molar-refractivity contribution in [2.45, 2.75) is 19.4 Å². The Balaban J connectivity index is 1.89. The molecule has 2 atom stereocenters. The van der Waals surface area contributed by atoms with Crippen molar-refractivity contribution in [3.05, 3.63) is 29.6 Å². The molecule has 0 radical (unpaired) electrons. The van der Waals surface area contributed by atoms with Gasteiger partial charge in [0, 0.05) is 30.7 Å². The number of benzene rings is 1. The summed E-state index contributed by atoms with van der Waals surface area (Å²) in [6.45, 7) is 6.90. The zero-order valence-corrected chi connectivity index (χ0v) is 12.6. The number of likely N-dealkylation sites (tertiary alicyclic amines) is 1. The van der Waals surface area contributed by atoms with Crippen LogP contribution < -0.4 is 10.1 Å². The largest absolute Gasteiger partial charge is 0.494 e. The van der Waals surface area contributed by atoms with E-state index in [1.807, 2.05) is 4.90 Å². The molecular weight excluding hydrogens is 271 g/mol. The normalized spacial score (nSPS) is 26.8. The van der Waals surface area contributed by atoms with E-state index in [2.05, 4.69) is 19.2 Å². The first kappa shape index (κ1) is 14.3. The average Bonchev–Trinajstić information content (AvgIpc) is 3.01. The minimum Gasteiger partial charge on any atom is -0.494 e. The maximum absolute atomic E-state index is 13.5. The lowest BCUT2D eigenvalue weighted by atomic mass is 9.84. The Morgan fingerprint density at radius 1 is 1.43 bits per heavy atom. The molecule has 0 spiro atoms. The highest BCUT2D eigenvalue weighted by atomic mass is 19.1. The number of hydrogen-bond acceptors (Lipinski definition) is 3. The predicted molar refractivity (Wildman–Crippen MR) is 77.9 cm³/mol. The van der Waals surface area contributed by atoms with Crippen LogP contribution in [0, 0.1) is 17.7 Å². The summed E-state index contributed by atoms with van der Waals surface area (Å²) >= 11 is 0. The molecule has 1 aromatic carbocycles. The van der Waals surface area contributed by atoms with Crippen LogP contribution >= 0.6 is 0 Å². The Morgan fingerprint density at radius 2 is 2.19 bits per heavy atom. The van der Waals surface area contributed by atoms with Gasteiger partial charge in [0.05, 0.1) is 7.11 Å². The summed E-state index contributed by atoms with van der Waals surface area (Å²) in [6, 6.07) is 4.31. The predicted octanol–water partition coefficient (Wildman–Crippen LogP) is 1.90. The molecule has 1 N–H and O–H groups in total. The van der Waals surface area contributed by atoms with E-state index in [-0.39, 0.29) is 17.2 Å². The highest BCUT2D eigenvalue weighted by Crippen LogP contribution is 2.41. The molecule has 114 valence electrons. The van der Waals surface area contributed by atoms with Gasteiger partial charge < -0.3 is 15.0 Å². The fourth-order valence-corrected chi connectivity index (χ4v) is 3.71. The highest BCUT2D eigenvalue weighted by molar-refractivity contribution is 5.95. The molecule has 0 bridgehead atoms. The fourth-order valence-electron chi connectivity index (χ4n) is 3.71. The molecule has 1 amide bonds. The van der Waals surface area contributed by atoms with E-state index in [0.29, 0.717) is 17.4 Å². The number of amides is 1. The van der Waals surface area contributed by atoms with Crippen molar-refractivity contribution in [1.29, 1.82) is 0 Å². The van der Waals surface area contributed by atoms with E-state index in [1.165, 1.54) is 25.3 Å².